The standard InChI is InChI=1S/C14H14NO/c1-2-10-15-14(16)13-9-5-7-11-6-3-4-8-12(11)13/h3-10H,2H2,1H3,(H,15,16). The molecule has 0 aliphatic rings. The number of benzene rings is 2. The normalized spacial score (nSPS) is 10.3. The number of rotatable bonds is 3. The van der Waals surface area contributed by atoms with Gasteiger partial charge in [-0.1, -0.05) is 43.3 Å². The Bertz CT molecular complexity index is 500. The van der Waals surface area contributed by atoms with Gasteiger partial charge in [-0.05, 0) is 23.3 Å². The smallest absolute Gasteiger partial charge is 0.252 e. The first-order valence-corrected chi connectivity index (χ1v) is 5.43. The molecular weight excluding hydrogens is 198 g/mol. The zero-order chi connectivity index (χ0) is 11.4. The molecule has 1 N–H and O–H groups in total. The third kappa shape index (κ3) is 2.06. The Hall–Kier alpha value is -1.83. The van der Waals surface area contributed by atoms with Gasteiger partial charge in [0, 0.05) is 12.1 Å². The summed E-state index contributed by atoms with van der Waals surface area (Å²) in [5.74, 6) is -0.0429. The lowest BCUT2D eigenvalue weighted by Crippen LogP contribution is -2.20. The Balaban J connectivity index is 2.40. The van der Waals surface area contributed by atoms with Crippen molar-refractivity contribution in [2.24, 2.45) is 0 Å². The largest absolute Gasteiger partial charge is 0.347 e. The van der Waals surface area contributed by atoms with E-state index in [-0.39, 0.29) is 5.91 Å². The minimum atomic E-state index is -0.0429. The maximum Gasteiger partial charge on any atom is 0.252 e. The minimum Gasteiger partial charge on any atom is -0.347 e. The maximum absolute atomic E-state index is 11.9. The molecule has 0 fully saturated rings. The van der Waals surface area contributed by atoms with E-state index < -0.39 is 0 Å². The summed E-state index contributed by atoms with van der Waals surface area (Å²) in [5.41, 5.74) is 0.725. The fourth-order valence-electron chi connectivity index (χ4n) is 1.70. The third-order valence-corrected chi connectivity index (χ3v) is 2.47. The lowest BCUT2D eigenvalue weighted by atomic mass is 10.0. The summed E-state index contributed by atoms with van der Waals surface area (Å²) in [6, 6.07) is 13.7. The van der Waals surface area contributed by atoms with Crippen molar-refractivity contribution in [3.63, 3.8) is 0 Å². The van der Waals surface area contributed by atoms with Crippen molar-refractivity contribution < 1.29 is 4.79 Å². The van der Waals surface area contributed by atoms with E-state index in [9.17, 15) is 4.79 Å². The molecule has 2 heteroatoms. The Kier molecular flexibility index (Phi) is 3.20. The van der Waals surface area contributed by atoms with Crippen molar-refractivity contribution >= 4 is 16.7 Å². The molecule has 0 saturated carbocycles. The Labute approximate surface area is 95.3 Å². The van der Waals surface area contributed by atoms with Gasteiger partial charge in [0.25, 0.3) is 5.91 Å². The van der Waals surface area contributed by atoms with E-state index >= 15 is 0 Å². The van der Waals surface area contributed by atoms with Gasteiger partial charge in [0.1, 0.15) is 0 Å². The lowest BCUT2D eigenvalue weighted by molar-refractivity contribution is 0.0965. The summed E-state index contributed by atoms with van der Waals surface area (Å²) in [6.07, 6.45) is 0.830. The molecule has 2 aromatic carbocycles. The number of hydrogen-bond donors (Lipinski definition) is 1. The van der Waals surface area contributed by atoms with Crippen LogP contribution >= 0.6 is 0 Å². The van der Waals surface area contributed by atoms with Crippen LogP contribution < -0.4 is 5.32 Å². The quantitative estimate of drug-likeness (QED) is 0.832. The summed E-state index contributed by atoms with van der Waals surface area (Å²) in [6.45, 7) is 3.76. The van der Waals surface area contributed by atoms with Crippen LogP contribution in [-0.4, -0.2) is 5.91 Å². The Morgan fingerprint density at radius 1 is 1.19 bits per heavy atom. The van der Waals surface area contributed by atoms with Gasteiger partial charge < -0.3 is 5.32 Å². The first kappa shape index (κ1) is 10.7. The molecule has 0 aliphatic heterocycles. The molecule has 0 unspecified atom stereocenters. The van der Waals surface area contributed by atoms with E-state index in [1.807, 2.05) is 49.4 Å². The Morgan fingerprint density at radius 3 is 2.75 bits per heavy atom. The molecular formula is C14H14NO. The van der Waals surface area contributed by atoms with Crippen LogP contribution in [0.25, 0.3) is 10.8 Å². The number of carbonyl (C=O) groups excluding carboxylic acids is 1. The van der Waals surface area contributed by atoms with Crippen molar-refractivity contribution in [2.75, 3.05) is 0 Å². The van der Waals surface area contributed by atoms with E-state index in [4.69, 9.17) is 0 Å². The fraction of sp³-hybridized carbons (Fsp3) is 0.143. The van der Waals surface area contributed by atoms with E-state index in [2.05, 4.69) is 5.32 Å². The summed E-state index contributed by atoms with van der Waals surface area (Å²) >= 11 is 0. The van der Waals surface area contributed by atoms with Gasteiger partial charge >= 0.3 is 0 Å². The topological polar surface area (TPSA) is 29.1 Å². The second-order valence-electron chi connectivity index (χ2n) is 3.61. The van der Waals surface area contributed by atoms with Crippen molar-refractivity contribution in [1.29, 1.82) is 0 Å². The van der Waals surface area contributed by atoms with Crippen molar-refractivity contribution in [3.8, 4) is 0 Å². The average molecular weight is 212 g/mol. The Morgan fingerprint density at radius 2 is 1.94 bits per heavy atom. The highest BCUT2D eigenvalue weighted by molar-refractivity contribution is 6.07. The van der Waals surface area contributed by atoms with Crippen LogP contribution in [0.3, 0.4) is 0 Å². The first-order valence-electron chi connectivity index (χ1n) is 5.43. The summed E-state index contributed by atoms with van der Waals surface area (Å²) in [5, 5.41) is 4.86. The van der Waals surface area contributed by atoms with Crippen molar-refractivity contribution in [1.82, 2.24) is 5.32 Å². The van der Waals surface area contributed by atoms with Gasteiger partial charge in [-0.25, -0.2) is 0 Å². The molecule has 2 aromatic rings. The SMILES string of the molecule is CC[CH]NC(=O)c1cccc2ccccc12. The lowest BCUT2D eigenvalue weighted by Gasteiger charge is -2.06. The van der Waals surface area contributed by atoms with Gasteiger partial charge in [-0.3, -0.25) is 4.79 Å². The highest BCUT2D eigenvalue weighted by Crippen LogP contribution is 2.18. The number of carbonyl (C=O) groups is 1. The third-order valence-electron chi connectivity index (χ3n) is 2.47. The molecule has 0 atom stereocenters. The predicted octanol–water partition coefficient (Wildman–Crippen LogP) is 3.14. The summed E-state index contributed by atoms with van der Waals surface area (Å²) < 4.78 is 0. The van der Waals surface area contributed by atoms with E-state index in [0.717, 1.165) is 22.8 Å². The predicted molar refractivity (Wildman–Crippen MR) is 66.0 cm³/mol. The van der Waals surface area contributed by atoms with Crippen LogP contribution in [0.2, 0.25) is 0 Å². The van der Waals surface area contributed by atoms with Crippen LogP contribution in [0, 0.1) is 6.54 Å². The van der Waals surface area contributed by atoms with Gasteiger partial charge in [0.2, 0.25) is 0 Å². The fourth-order valence-corrected chi connectivity index (χ4v) is 1.70. The van der Waals surface area contributed by atoms with E-state index in [1.54, 1.807) is 6.54 Å². The van der Waals surface area contributed by atoms with Gasteiger partial charge in [-0.15, -0.1) is 0 Å². The molecule has 0 saturated heterocycles. The van der Waals surface area contributed by atoms with Gasteiger partial charge in [0.05, 0.1) is 0 Å². The van der Waals surface area contributed by atoms with E-state index in [0.29, 0.717) is 0 Å². The molecule has 16 heavy (non-hydrogen) atoms. The molecule has 0 heterocycles. The zero-order valence-electron chi connectivity index (χ0n) is 9.23. The molecule has 2 rings (SSSR count). The molecule has 0 aliphatic carbocycles. The number of fused-ring (bicyclic) bond motifs is 1. The summed E-state index contributed by atoms with van der Waals surface area (Å²) in [4.78, 5) is 11.9. The zero-order valence-corrected chi connectivity index (χ0v) is 9.23. The molecule has 1 amide bonds. The van der Waals surface area contributed by atoms with Crippen LogP contribution in [0.5, 0.6) is 0 Å². The van der Waals surface area contributed by atoms with Crippen LogP contribution in [0.15, 0.2) is 42.5 Å². The second-order valence-corrected chi connectivity index (χ2v) is 3.61. The molecule has 0 bridgehead atoms. The number of hydrogen-bond acceptors (Lipinski definition) is 1. The minimum absolute atomic E-state index is 0.0429. The molecule has 1 radical (unpaired) electrons. The summed E-state index contributed by atoms with van der Waals surface area (Å²) in [7, 11) is 0. The number of amides is 1. The van der Waals surface area contributed by atoms with Gasteiger partial charge in [0.15, 0.2) is 0 Å². The molecule has 0 spiro atoms. The monoisotopic (exact) mass is 212 g/mol. The van der Waals surface area contributed by atoms with Crippen LogP contribution in [0.1, 0.15) is 23.7 Å². The molecule has 0 aromatic heterocycles. The van der Waals surface area contributed by atoms with E-state index in [1.165, 1.54) is 0 Å². The van der Waals surface area contributed by atoms with Crippen LogP contribution in [0.4, 0.5) is 0 Å². The maximum atomic E-state index is 11.9. The van der Waals surface area contributed by atoms with Gasteiger partial charge in [-0.2, -0.15) is 0 Å². The molecule has 81 valence electrons. The van der Waals surface area contributed by atoms with Crippen LogP contribution in [-0.2, 0) is 0 Å². The highest BCUT2D eigenvalue weighted by Gasteiger charge is 2.07. The van der Waals surface area contributed by atoms with Crippen molar-refractivity contribution in [2.45, 2.75) is 13.3 Å². The average Bonchev–Trinajstić information content (AvgIpc) is 2.35. The molecule has 2 nitrogen and oxygen atoms in total. The number of nitrogens with one attached hydrogen (secondary N) is 1. The second kappa shape index (κ2) is 4.79. The first-order chi connectivity index (χ1) is 7.83. The highest BCUT2D eigenvalue weighted by atomic mass is 16.1. The van der Waals surface area contributed by atoms with Crippen molar-refractivity contribution in [3.05, 3.63) is 54.6 Å².